The number of benzene rings is 2. The standard InChI is InChI=1S/C21H15ClN2O3/c1-2-27-21(26)17-11-18(20(25)13-7-9-15(22)10-8-13)24-19(17)16-6-4-3-5-14(16)12-23-24/h3-12H,2H2,1H3. The second-order valence-electron chi connectivity index (χ2n) is 5.99. The molecule has 0 radical (unpaired) electrons. The van der Waals surface area contributed by atoms with E-state index in [4.69, 9.17) is 16.3 Å². The summed E-state index contributed by atoms with van der Waals surface area (Å²) in [7, 11) is 0. The zero-order chi connectivity index (χ0) is 19.0. The van der Waals surface area contributed by atoms with Gasteiger partial charge in [0, 0.05) is 21.4 Å². The molecule has 0 spiro atoms. The van der Waals surface area contributed by atoms with Crippen molar-refractivity contribution in [3.63, 3.8) is 0 Å². The van der Waals surface area contributed by atoms with Gasteiger partial charge < -0.3 is 4.74 Å². The lowest BCUT2D eigenvalue weighted by molar-refractivity contribution is 0.0529. The molecule has 0 saturated heterocycles. The first kappa shape index (κ1) is 17.2. The lowest BCUT2D eigenvalue weighted by atomic mass is 10.1. The van der Waals surface area contributed by atoms with Crippen molar-refractivity contribution in [2.45, 2.75) is 6.92 Å². The summed E-state index contributed by atoms with van der Waals surface area (Å²) >= 11 is 5.91. The van der Waals surface area contributed by atoms with Gasteiger partial charge in [-0.05, 0) is 37.3 Å². The molecule has 0 amide bonds. The Morgan fingerprint density at radius 2 is 1.85 bits per heavy atom. The van der Waals surface area contributed by atoms with Gasteiger partial charge in [-0.25, -0.2) is 9.31 Å². The van der Waals surface area contributed by atoms with Crippen LogP contribution in [0, 0.1) is 0 Å². The average molecular weight is 379 g/mol. The molecule has 0 aliphatic rings. The number of ketones is 1. The van der Waals surface area contributed by atoms with Crippen LogP contribution in [0.3, 0.4) is 0 Å². The van der Waals surface area contributed by atoms with Crippen LogP contribution in [-0.2, 0) is 4.74 Å². The third-order valence-electron chi connectivity index (χ3n) is 4.34. The summed E-state index contributed by atoms with van der Waals surface area (Å²) in [6.07, 6.45) is 1.68. The van der Waals surface area contributed by atoms with E-state index in [0.29, 0.717) is 27.4 Å². The van der Waals surface area contributed by atoms with Gasteiger partial charge >= 0.3 is 5.97 Å². The van der Waals surface area contributed by atoms with Crippen molar-refractivity contribution in [3.05, 3.63) is 82.6 Å². The fourth-order valence-electron chi connectivity index (χ4n) is 3.10. The first-order chi connectivity index (χ1) is 13.1. The van der Waals surface area contributed by atoms with Gasteiger partial charge in [0.15, 0.2) is 0 Å². The summed E-state index contributed by atoms with van der Waals surface area (Å²) < 4.78 is 6.70. The van der Waals surface area contributed by atoms with Gasteiger partial charge in [-0.1, -0.05) is 35.9 Å². The molecule has 0 aliphatic carbocycles. The quantitative estimate of drug-likeness (QED) is 0.386. The number of aromatic nitrogens is 2. The maximum atomic E-state index is 13.0. The maximum absolute atomic E-state index is 13.0. The van der Waals surface area contributed by atoms with Crippen LogP contribution in [0.2, 0.25) is 5.02 Å². The number of rotatable bonds is 4. The fourth-order valence-corrected chi connectivity index (χ4v) is 3.23. The van der Waals surface area contributed by atoms with Crippen molar-refractivity contribution in [3.8, 4) is 0 Å². The molecule has 2 heterocycles. The van der Waals surface area contributed by atoms with Gasteiger partial charge in [-0.3, -0.25) is 4.79 Å². The molecule has 0 atom stereocenters. The molecule has 134 valence electrons. The van der Waals surface area contributed by atoms with E-state index in [-0.39, 0.29) is 12.4 Å². The van der Waals surface area contributed by atoms with Crippen LogP contribution in [0.15, 0.2) is 60.8 Å². The molecule has 2 aromatic carbocycles. The van der Waals surface area contributed by atoms with Crippen LogP contribution in [0.1, 0.15) is 33.3 Å². The molecule has 0 aliphatic heterocycles. The maximum Gasteiger partial charge on any atom is 0.340 e. The first-order valence-electron chi connectivity index (χ1n) is 8.47. The van der Waals surface area contributed by atoms with E-state index in [1.54, 1.807) is 43.5 Å². The minimum absolute atomic E-state index is 0.245. The normalized spacial score (nSPS) is 11.0. The Labute approximate surface area is 160 Å². The molecule has 0 saturated carbocycles. The van der Waals surface area contributed by atoms with Crippen LogP contribution in [-0.4, -0.2) is 28.0 Å². The van der Waals surface area contributed by atoms with Crippen molar-refractivity contribution in [2.75, 3.05) is 6.61 Å². The molecule has 2 aromatic heterocycles. The Morgan fingerprint density at radius 3 is 2.59 bits per heavy atom. The van der Waals surface area contributed by atoms with E-state index >= 15 is 0 Å². The minimum atomic E-state index is -0.483. The molecule has 6 heteroatoms. The second-order valence-corrected chi connectivity index (χ2v) is 6.43. The molecular weight excluding hydrogens is 364 g/mol. The lowest BCUT2D eigenvalue weighted by Gasteiger charge is -2.05. The molecule has 0 bridgehead atoms. The number of halogens is 1. The largest absolute Gasteiger partial charge is 0.462 e. The highest BCUT2D eigenvalue weighted by Crippen LogP contribution is 2.27. The highest BCUT2D eigenvalue weighted by molar-refractivity contribution is 6.30. The number of carbonyl (C=O) groups excluding carboxylic acids is 2. The zero-order valence-electron chi connectivity index (χ0n) is 14.5. The fraction of sp³-hybridized carbons (Fsp3) is 0.0952. The summed E-state index contributed by atoms with van der Waals surface area (Å²) in [4.78, 5) is 25.6. The van der Waals surface area contributed by atoms with Crippen LogP contribution in [0.4, 0.5) is 0 Å². The number of esters is 1. The van der Waals surface area contributed by atoms with Crippen molar-refractivity contribution in [1.82, 2.24) is 9.61 Å². The van der Waals surface area contributed by atoms with Crippen LogP contribution in [0.5, 0.6) is 0 Å². The summed E-state index contributed by atoms with van der Waals surface area (Å²) in [6.45, 7) is 1.99. The SMILES string of the molecule is CCOC(=O)c1cc(C(=O)c2ccc(Cl)cc2)n2ncc3ccccc3c12. The van der Waals surface area contributed by atoms with E-state index in [9.17, 15) is 9.59 Å². The lowest BCUT2D eigenvalue weighted by Crippen LogP contribution is -2.07. The third kappa shape index (κ3) is 2.96. The van der Waals surface area contributed by atoms with E-state index in [1.165, 1.54) is 4.52 Å². The Morgan fingerprint density at radius 1 is 1.11 bits per heavy atom. The molecule has 0 unspecified atom stereocenters. The number of hydrogen-bond donors (Lipinski definition) is 0. The Bertz CT molecular complexity index is 1180. The average Bonchev–Trinajstić information content (AvgIpc) is 3.08. The first-order valence-corrected chi connectivity index (χ1v) is 8.85. The summed E-state index contributed by atoms with van der Waals surface area (Å²) in [5, 5.41) is 6.64. The molecule has 4 rings (SSSR count). The van der Waals surface area contributed by atoms with Crippen LogP contribution >= 0.6 is 11.6 Å². The van der Waals surface area contributed by atoms with E-state index < -0.39 is 5.97 Å². The zero-order valence-corrected chi connectivity index (χ0v) is 15.2. The van der Waals surface area contributed by atoms with Gasteiger partial charge in [0.25, 0.3) is 0 Å². The predicted octanol–water partition coefficient (Wildman–Crippen LogP) is 4.55. The predicted molar refractivity (Wildman–Crippen MR) is 104 cm³/mol. The minimum Gasteiger partial charge on any atom is -0.462 e. The van der Waals surface area contributed by atoms with Gasteiger partial charge in [0.1, 0.15) is 5.69 Å². The highest BCUT2D eigenvalue weighted by atomic mass is 35.5. The number of nitrogens with zero attached hydrogens (tertiary/aromatic N) is 2. The molecule has 4 aromatic rings. The number of carbonyl (C=O) groups is 2. The van der Waals surface area contributed by atoms with Crippen LogP contribution < -0.4 is 0 Å². The highest BCUT2D eigenvalue weighted by Gasteiger charge is 2.23. The summed E-state index contributed by atoms with van der Waals surface area (Å²) in [5.41, 5.74) is 1.63. The molecular formula is C21H15ClN2O3. The van der Waals surface area contributed by atoms with E-state index in [2.05, 4.69) is 5.10 Å². The van der Waals surface area contributed by atoms with Crippen molar-refractivity contribution >= 4 is 39.6 Å². The number of ether oxygens (including phenoxy) is 1. The van der Waals surface area contributed by atoms with Crippen molar-refractivity contribution in [2.24, 2.45) is 0 Å². The molecule has 0 N–H and O–H groups in total. The monoisotopic (exact) mass is 378 g/mol. The Kier molecular flexibility index (Phi) is 4.38. The number of hydrogen-bond acceptors (Lipinski definition) is 4. The van der Waals surface area contributed by atoms with Crippen molar-refractivity contribution in [1.29, 1.82) is 0 Å². The summed E-state index contributed by atoms with van der Waals surface area (Å²) in [6, 6.07) is 15.7. The summed E-state index contributed by atoms with van der Waals surface area (Å²) in [5.74, 6) is -0.733. The molecule has 0 fully saturated rings. The van der Waals surface area contributed by atoms with Gasteiger partial charge in [-0.2, -0.15) is 5.10 Å². The Hall–Kier alpha value is -3.18. The van der Waals surface area contributed by atoms with Gasteiger partial charge in [0.2, 0.25) is 5.78 Å². The smallest absolute Gasteiger partial charge is 0.340 e. The topological polar surface area (TPSA) is 60.7 Å². The molecule has 5 nitrogen and oxygen atoms in total. The van der Waals surface area contributed by atoms with Gasteiger partial charge in [0.05, 0.1) is 23.9 Å². The third-order valence-corrected chi connectivity index (χ3v) is 4.59. The van der Waals surface area contributed by atoms with E-state index in [1.807, 2.05) is 24.3 Å². The van der Waals surface area contributed by atoms with Gasteiger partial charge in [-0.15, -0.1) is 0 Å². The Balaban J connectivity index is 1.98. The number of fused-ring (bicyclic) bond motifs is 3. The van der Waals surface area contributed by atoms with E-state index in [0.717, 1.165) is 10.8 Å². The van der Waals surface area contributed by atoms with Crippen molar-refractivity contribution < 1.29 is 14.3 Å². The molecule has 27 heavy (non-hydrogen) atoms. The van der Waals surface area contributed by atoms with Crippen LogP contribution in [0.25, 0.3) is 16.3 Å². The second kappa shape index (κ2) is 6.85.